The summed E-state index contributed by atoms with van der Waals surface area (Å²) in [6, 6.07) is 1.41. The van der Waals surface area contributed by atoms with Gasteiger partial charge >= 0.3 is 6.09 Å². The van der Waals surface area contributed by atoms with Crippen LogP contribution in [0.25, 0.3) is 0 Å². The number of carbonyl (C=O) groups excluding carboxylic acids is 2. The van der Waals surface area contributed by atoms with Crippen molar-refractivity contribution in [2.24, 2.45) is 0 Å². The maximum absolute atomic E-state index is 13.0. The number of likely N-dealkylation sites (tertiary alicyclic amines) is 1. The van der Waals surface area contributed by atoms with Crippen molar-refractivity contribution < 1.29 is 22.7 Å². The second-order valence-electron chi connectivity index (χ2n) is 8.79. The molecule has 2 amide bonds. The van der Waals surface area contributed by atoms with Gasteiger partial charge in [0.25, 0.3) is 5.91 Å². The van der Waals surface area contributed by atoms with E-state index < -0.39 is 15.6 Å². The predicted molar refractivity (Wildman–Crippen MR) is 115 cm³/mol. The Hall–Kier alpha value is -1.65. The van der Waals surface area contributed by atoms with Gasteiger partial charge in [0, 0.05) is 32.2 Å². The van der Waals surface area contributed by atoms with Crippen LogP contribution in [0.4, 0.5) is 4.79 Å². The third kappa shape index (κ3) is 5.53. The van der Waals surface area contributed by atoms with E-state index in [1.165, 1.54) is 10.4 Å². The molecule has 8 nitrogen and oxygen atoms in total. The van der Waals surface area contributed by atoms with E-state index in [9.17, 15) is 18.0 Å². The van der Waals surface area contributed by atoms with Crippen LogP contribution >= 0.6 is 11.3 Å². The van der Waals surface area contributed by atoms with Crippen LogP contribution in [-0.4, -0.2) is 67.4 Å². The number of nitrogens with zero attached hydrogens (tertiary/aromatic N) is 2. The number of nitrogens with one attached hydrogen (secondary N) is 1. The molecule has 0 spiro atoms. The first-order valence-electron chi connectivity index (χ1n) is 10.4. The van der Waals surface area contributed by atoms with E-state index in [1.807, 2.05) is 20.8 Å². The van der Waals surface area contributed by atoms with Crippen molar-refractivity contribution in [2.75, 3.05) is 26.2 Å². The number of thiophene rings is 1. The molecule has 0 atom stereocenters. The van der Waals surface area contributed by atoms with Crippen molar-refractivity contribution in [3.05, 3.63) is 16.3 Å². The molecule has 0 unspecified atom stereocenters. The van der Waals surface area contributed by atoms with E-state index in [2.05, 4.69) is 5.32 Å². The highest BCUT2D eigenvalue weighted by atomic mass is 32.2. The lowest BCUT2D eigenvalue weighted by Crippen LogP contribution is -2.47. The summed E-state index contributed by atoms with van der Waals surface area (Å²) in [6.45, 7) is 7.47. The fraction of sp³-hybridized carbons (Fsp3) is 0.700. The van der Waals surface area contributed by atoms with Gasteiger partial charge in [0.15, 0.2) is 0 Å². The molecule has 168 valence electrons. The minimum absolute atomic E-state index is 0.0955. The molecule has 0 bridgehead atoms. The summed E-state index contributed by atoms with van der Waals surface area (Å²) in [5.74, 6) is -0.365. The largest absolute Gasteiger partial charge is 0.444 e. The van der Waals surface area contributed by atoms with E-state index in [0.717, 1.165) is 30.6 Å². The van der Waals surface area contributed by atoms with Gasteiger partial charge in [-0.25, -0.2) is 13.2 Å². The summed E-state index contributed by atoms with van der Waals surface area (Å²) in [5.41, 5.74) is -0.544. The summed E-state index contributed by atoms with van der Waals surface area (Å²) in [5, 5.41) is 4.60. The maximum Gasteiger partial charge on any atom is 0.410 e. The topological polar surface area (TPSA) is 96.0 Å². The molecule has 10 heteroatoms. The highest BCUT2D eigenvalue weighted by Gasteiger charge is 2.32. The molecular formula is C20H31N3O5S2. The third-order valence-corrected chi connectivity index (χ3v) is 8.23. The fourth-order valence-corrected chi connectivity index (χ4v) is 6.52. The van der Waals surface area contributed by atoms with E-state index in [4.69, 9.17) is 4.74 Å². The molecule has 2 saturated heterocycles. The van der Waals surface area contributed by atoms with Crippen LogP contribution in [0.3, 0.4) is 0 Å². The normalized spacial score (nSPS) is 19.5. The van der Waals surface area contributed by atoms with E-state index in [1.54, 1.807) is 10.3 Å². The van der Waals surface area contributed by atoms with Gasteiger partial charge in [-0.3, -0.25) is 4.79 Å². The summed E-state index contributed by atoms with van der Waals surface area (Å²) in [4.78, 5) is 27.0. The number of amides is 2. The van der Waals surface area contributed by atoms with Gasteiger partial charge in [0.1, 0.15) is 15.4 Å². The molecule has 2 aliphatic heterocycles. The molecule has 2 aliphatic rings. The number of ether oxygens (including phenoxy) is 1. The van der Waals surface area contributed by atoms with Gasteiger partial charge in [-0.1, -0.05) is 6.42 Å². The molecule has 30 heavy (non-hydrogen) atoms. The van der Waals surface area contributed by atoms with Crippen LogP contribution in [0.15, 0.2) is 16.3 Å². The van der Waals surface area contributed by atoms with Gasteiger partial charge in [-0.15, -0.1) is 11.3 Å². The van der Waals surface area contributed by atoms with Crippen LogP contribution in [0.1, 0.15) is 62.5 Å². The third-order valence-electron chi connectivity index (χ3n) is 5.25. The van der Waals surface area contributed by atoms with E-state index >= 15 is 0 Å². The number of hydrogen-bond acceptors (Lipinski definition) is 6. The summed E-state index contributed by atoms with van der Waals surface area (Å²) in [6.07, 6.45) is 3.59. The molecule has 0 saturated carbocycles. The lowest BCUT2D eigenvalue weighted by molar-refractivity contribution is 0.0199. The molecule has 1 aromatic heterocycles. The molecule has 0 aromatic carbocycles. The Morgan fingerprint density at radius 2 is 1.73 bits per heavy atom. The number of hydrogen-bond donors (Lipinski definition) is 1. The Kier molecular flexibility index (Phi) is 7.09. The van der Waals surface area contributed by atoms with Crippen molar-refractivity contribution in [3.63, 3.8) is 0 Å². The van der Waals surface area contributed by atoms with Crippen LogP contribution in [0.2, 0.25) is 0 Å². The number of rotatable bonds is 4. The molecule has 3 rings (SSSR count). The van der Waals surface area contributed by atoms with E-state index in [0.29, 0.717) is 39.0 Å². The molecule has 0 aliphatic carbocycles. The van der Waals surface area contributed by atoms with E-state index in [-0.39, 0.29) is 27.8 Å². The molecule has 1 N–H and O–H groups in total. The molecular weight excluding hydrogens is 426 g/mol. The highest BCUT2D eigenvalue weighted by Crippen LogP contribution is 2.28. The van der Waals surface area contributed by atoms with Gasteiger partial charge in [-0.2, -0.15) is 4.31 Å². The van der Waals surface area contributed by atoms with Crippen LogP contribution < -0.4 is 5.32 Å². The first-order valence-corrected chi connectivity index (χ1v) is 12.8. The quantitative estimate of drug-likeness (QED) is 0.750. The Morgan fingerprint density at radius 3 is 2.33 bits per heavy atom. The highest BCUT2D eigenvalue weighted by molar-refractivity contribution is 7.89. The monoisotopic (exact) mass is 457 g/mol. The Morgan fingerprint density at radius 1 is 1.10 bits per heavy atom. The first kappa shape index (κ1) is 23.0. The summed E-state index contributed by atoms with van der Waals surface area (Å²) in [7, 11) is -3.66. The van der Waals surface area contributed by atoms with Crippen molar-refractivity contribution >= 4 is 33.4 Å². The first-order chi connectivity index (χ1) is 14.1. The number of sulfonamides is 1. The zero-order valence-electron chi connectivity index (χ0n) is 17.8. The second kappa shape index (κ2) is 9.23. The van der Waals surface area contributed by atoms with Crippen molar-refractivity contribution in [3.8, 4) is 0 Å². The second-order valence-corrected chi connectivity index (χ2v) is 11.6. The number of carbonyl (C=O) groups is 2. The molecule has 1 aromatic rings. The zero-order chi connectivity index (χ0) is 21.9. The van der Waals surface area contributed by atoms with Crippen LogP contribution in [0, 0.1) is 0 Å². The van der Waals surface area contributed by atoms with Crippen molar-refractivity contribution in [1.29, 1.82) is 0 Å². The molecule has 2 fully saturated rings. The Labute approximate surface area is 182 Å². The predicted octanol–water partition coefficient (Wildman–Crippen LogP) is 3.05. The molecule has 3 heterocycles. The summed E-state index contributed by atoms with van der Waals surface area (Å²) >= 11 is 1.15. The van der Waals surface area contributed by atoms with Gasteiger partial charge in [0.2, 0.25) is 10.0 Å². The molecule has 0 radical (unpaired) electrons. The summed E-state index contributed by atoms with van der Waals surface area (Å²) < 4.78 is 32.9. The maximum atomic E-state index is 13.0. The lowest BCUT2D eigenvalue weighted by atomic mass is 10.1. The van der Waals surface area contributed by atoms with Crippen LogP contribution in [0.5, 0.6) is 0 Å². The standard InChI is InChI=1S/C20H31N3O5S2/c1-20(2,3)28-19(25)22-12-7-15(8-13-22)21-18(24)17-16(9-14-29-17)30(26,27)23-10-5-4-6-11-23/h9,14-15H,4-8,10-13H2,1-3H3,(H,21,24). The van der Waals surface area contributed by atoms with Crippen LogP contribution in [-0.2, 0) is 14.8 Å². The smallest absolute Gasteiger partial charge is 0.410 e. The average molecular weight is 458 g/mol. The SMILES string of the molecule is CC(C)(C)OC(=O)N1CCC(NC(=O)c2sccc2S(=O)(=O)N2CCCCC2)CC1. The van der Waals surface area contributed by atoms with Gasteiger partial charge in [-0.05, 0) is 57.9 Å². The van der Waals surface area contributed by atoms with Crippen molar-refractivity contribution in [1.82, 2.24) is 14.5 Å². The fourth-order valence-electron chi connectivity index (χ4n) is 3.69. The van der Waals surface area contributed by atoms with Crippen molar-refractivity contribution in [2.45, 2.75) is 69.4 Å². The minimum atomic E-state index is -3.66. The Balaban J connectivity index is 1.59. The zero-order valence-corrected chi connectivity index (χ0v) is 19.5. The average Bonchev–Trinajstić information content (AvgIpc) is 3.19. The van der Waals surface area contributed by atoms with Gasteiger partial charge in [0.05, 0.1) is 0 Å². The number of piperidine rings is 2. The van der Waals surface area contributed by atoms with Gasteiger partial charge < -0.3 is 15.0 Å². The lowest BCUT2D eigenvalue weighted by Gasteiger charge is -2.33. The minimum Gasteiger partial charge on any atom is -0.444 e. The Bertz CT molecular complexity index is 861.